The van der Waals surface area contributed by atoms with E-state index in [1.54, 1.807) is 7.11 Å². The molecule has 0 fully saturated rings. The van der Waals surface area contributed by atoms with Gasteiger partial charge in [0.1, 0.15) is 5.75 Å². The molecule has 1 aromatic carbocycles. The van der Waals surface area contributed by atoms with Gasteiger partial charge in [0.15, 0.2) is 0 Å². The Morgan fingerprint density at radius 3 is 2.72 bits per heavy atom. The Labute approximate surface area is 119 Å². The second-order valence-corrected chi connectivity index (χ2v) is 5.44. The van der Waals surface area contributed by atoms with E-state index in [9.17, 15) is 0 Å². The molecule has 0 aliphatic rings. The van der Waals surface area contributed by atoms with Gasteiger partial charge in [-0.1, -0.05) is 29.3 Å². The average molecular weight is 315 g/mol. The summed E-state index contributed by atoms with van der Waals surface area (Å²) >= 11 is 3.51. The minimum Gasteiger partial charge on any atom is -0.495 e. The van der Waals surface area contributed by atoms with Crippen molar-refractivity contribution in [3.05, 3.63) is 22.7 Å². The van der Waals surface area contributed by atoms with Crippen molar-refractivity contribution >= 4 is 21.6 Å². The van der Waals surface area contributed by atoms with Gasteiger partial charge in [-0.3, -0.25) is 0 Å². The molecule has 1 unspecified atom stereocenters. The number of hydrogen-bond acceptors (Lipinski definition) is 3. The van der Waals surface area contributed by atoms with Crippen LogP contribution in [0.3, 0.4) is 0 Å². The van der Waals surface area contributed by atoms with Crippen molar-refractivity contribution < 1.29 is 4.74 Å². The molecule has 0 saturated carbocycles. The van der Waals surface area contributed by atoms with Gasteiger partial charge in [-0.05, 0) is 37.7 Å². The van der Waals surface area contributed by atoms with Crippen LogP contribution in [0.15, 0.2) is 22.7 Å². The van der Waals surface area contributed by atoms with Gasteiger partial charge in [0, 0.05) is 18.1 Å². The zero-order chi connectivity index (χ0) is 13.5. The van der Waals surface area contributed by atoms with Crippen LogP contribution in [-0.4, -0.2) is 34.3 Å². The number of rotatable bonds is 7. The highest BCUT2D eigenvalue weighted by molar-refractivity contribution is 9.10. The summed E-state index contributed by atoms with van der Waals surface area (Å²) in [5, 5.41) is 3.25. The molecule has 0 spiro atoms. The number of nitrogens with zero attached hydrogens (tertiary/aromatic N) is 1. The van der Waals surface area contributed by atoms with Gasteiger partial charge < -0.3 is 15.0 Å². The summed E-state index contributed by atoms with van der Waals surface area (Å²) in [6, 6.07) is 6.10. The average Bonchev–Trinajstić information content (AvgIpc) is 2.38. The van der Waals surface area contributed by atoms with E-state index in [1.165, 1.54) is 6.42 Å². The van der Waals surface area contributed by atoms with E-state index in [4.69, 9.17) is 4.74 Å². The predicted octanol–water partition coefficient (Wildman–Crippen LogP) is 3.14. The third kappa shape index (κ3) is 4.18. The largest absolute Gasteiger partial charge is 0.495 e. The molecule has 0 heterocycles. The molecule has 0 aliphatic heterocycles. The number of nitrogens with one attached hydrogen (secondary N) is 1. The first-order valence-corrected chi connectivity index (χ1v) is 7.10. The van der Waals surface area contributed by atoms with Crippen LogP contribution in [0.4, 0.5) is 5.69 Å². The molecule has 4 heteroatoms. The number of ether oxygens (including phenoxy) is 1. The first kappa shape index (κ1) is 15.3. The monoisotopic (exact) mass is 314 g/mol. The van der Waals surface area contributed by atoms with Gasteiger partial charge >= 0.3 is 0 Å². The molecule has 3 nitrogen and oxygen atoms in total. The lowest BCUT2D eigenvalue weighted by Crippen LogP contribution is -2.31. The van der Waals surface area contributed by atoms with Crippen LogP contribution in [0.1, 0.15) is 13.3 Å². The summed E-state index contributed by atoms with van der Waals surface area (Å²) in [7, 11) is 5.83. The van der Waals surface area contributed by atoms with E-state index in [1.807, 2.05) is 19.2 Å². The van der Waals surface area contributed by atoms with Crippen LogP contribution < -0.4 is 15.0 Å². The van der Waals surface area contributed by atoms with E-state index >= 15 is 0 Å². The molecule has 0 aliphatic carbocycles. The van der Waals surface area contributed by atoms with E-state index in [0.29, 0.717) is 5.92 Å². The zero-order valence-corrected chi connectivity index (χ0v) is 13.3. The third-order valence-electron chi connectivity index (χ3n) is 3.15. The molecule has 18 heavy (non-hydrogen) atoms. The van der Waals surface area contributed by atoms with Gasteiger partial charge in [0.2, 0.25) is 0 Å². The van der Waals surface area contributed by atoms with Gasteiger partial charge in [0.05, 0.1) is 12.8 Å². The Morgan fingerprint density at radius 2 is 2.17 bits per heavy atom. The second kappa shape index (κ2) is 7.64. The summed E-state index contributed by atoms with van der Waals surface area (Å²) in [5.74, 6) is 1.56. The van der Waals surface area contributed by atoms with Crippen molar-refractivity contribution in [1.82, 2.24) is 5.32 Å². The molecule has 1 rings (SSSR count). The van der Waals surface area contributed by atoms with Crippen molar-refractivity contribution in [2.75, 3.05) is 39.2 Å². The first-order chi connectivity index (χ1) is 8.62. The van der Waals surface area contributed by atoms with Crippen LogP contribution in [0.25, 0.3) is 0 Å². The Hall–Kier alpha value is -0.740. The lowest BCUT2D eigenvalue weighted by Gasteiger charge is -2.26. The van der Waals surface area contributed by atoms with Crippen molar-refractivity contribution in [1.29, 1.82) is 0 Å². The van der Waals surface area contributed by atoms with Crippen LogP contribution in [0, 0.1) is 5.92 Å². The highest BCUT2D eigenvalue weighted by Gasteiger charge is 2.13. The van der Waals surface area contributed by atoms with Crippen molar-refractivity contribution in [3.63, 3.8) is 0 Å². The number of benzene rings is 1. The molecule has 1 atom stereocenters. The summed E-state index contributed by atoms with van der Waals surface area (Å²) < 4.78 is 6.49. The molecule has 0 saturated heterocycles. The summed E-state index contributed by atoms with van der Waals surface area (Å²) in [4.78, 5) is 2.26. The van der Waals surface area contributed by atoms with Gasteiger partial charge in [-0.15, -0.1) is 0 Å². The maximum atomic E-state index is 5.42. The van der Waals surface area contributed by atoms with Gasteiger partial charge in [-0.2, -0.15) is 0 Å². The van der Waals surface area contributed by atoms with E-state index in [-0.39, 0.29) is 0 Å². The van der Waals surface area contributed by atoms with E-state index in [2.05, 4.69) is 46.2 Å². The number of halogens is 1. The number of anilines is 1. The molecule has 1 N–H and O–H groups in total. The fourth-order valence-corrected chi connectivity index (χ4v) is 2.42. The fourth-order valence-electron chi connectivity index (χ4n) is 2.07. The highest BCUT2D eigenvalue weighted by Crippen LogP contribution is 2.31. The normalized spacial score (nSPS) is 12.3. The second-order valence-electron chi connectivity index (χ2n) is 4.53. The van der Waals surface area contributed by atoms with Gasteiger partial charge in [-0.25, -0.2) is 0 Å². The van der Waals surface area contributed by atoms with Crippen LogP contribution >= 0.6 is 15.9 Å². The predicted molar refractivity (Wildman–Crippen MR) is 81.7 cm³/mol. The zero-order valence-electron chi connectivity index (χ0n) is 11.7. The summed E-state index contributed by atoms with van der Waals surface area (Å²) in [6.45, 7) is 4.29. The SMILES string of the molecule is CCC(CNC)CN(C)c1cc(Br)ccc1OC. The fraction of sp³-hybridized carbons (Fsp3) is 0.571. The molecular formula is C14H23BrN2O. The molecule has 0 amide bonds. The Balaban J connectivity index is 2.81. The van der Waals surface area contributed by atoms with E-state index in [0.717, 1.165) is 29.0 Å². The topological polar surface area (TPSA) is 24.5 Å². The summed E-state index contributed by atoms with van der Waals surface area (Å²) in [6.07, 6.45) is 1.17. The van der Waals surface area contributed by atoms with Crippen molar-refractivity contribution in [3.8, 4) is 5.75 Å². The Morgan fingerprint density at radius 1 is 1.44 bits per heavy atom. The lowest BCUT2D eigenvalue weighted by atomic mass is 10.1. The molecular weight excluding hydrogens is 292 g/mol. The smallest absolute Gasteiger partial charge is 0.142 e. The molecule has 0 bridgehead atoms. The summed E-state index contributed by atoms with van der Waals surface area (Å²) in [5.41, 5.74) is 1.13. The van der Waals surface area contributed by atoms with Crippen molar-refractivity contribution in [2.24, 2.45) is 5.92 Å². The molecule has 1 aromatic rings. The molecule has 102 valence electrons. The van der Waals surface area contributed by atoms with Crippen LogP contribution in [0.2, 0.25) is 0 Å². The quantitative estimate of drug-likeness (QED) is 0.836. The third-order valence-corrected chi connectivity index (χ3v) is 3.65. The maximum absolute atomic E-state index is 5.42. The lowest BCUT2D eigenvalue weighted by molar-refractivity contribution is 0.412. The molecule has 0 aromatic heterocycles. The minimum atomic E-state index is 0.642. The van der Waals surface area contributed by atoms with Crippen LogP contribution in [-0.2, 0) is 0 Å². The molecule has 0 radical (unpaired) electrons. The first-order valence-electron chi connectivity index (χ1n) is 6.31. The standard InChI is InChI=1S/C14H23BrN2O/c1-5-11(9-16-2)10-17(3)13-8-12(15)6-7-14(13)18-4/h6-8,11,16H,5,9-10H2,1-4H3. The Bertz CT molecular complexity index is 371. The maximum Gasteiger partial charge on any atom is 0.142 e. The highest BCUT2D eigenvalue weighted by atomic mass is 79.9. The van der Waals surface area contributed by atoms with Crippen LogP contribution in [0.5, 0.6) is 5.75 Å². The Kier molecular flexibility index (Phi) is 6.50. The van der Waals surface area contributed by atoms with Gasteiger partial charge in [0.25, 0.3) is 0 Å². The number of hydrogen-bond donors (Lipinski definition) is 1. The minimum absolute atomic E-state index is 0.642. The van der Waals surface area contributed by atoms with E-state index < -0.39 is 0 Å². The number of methoxy groups -OCH3 is 1. The van der Waals surface area contributed by atoms with Crippen molar-refractivity contribution in [2.45, 2.75) is 13.3 Å².